The van der Waals surface area contributed by atoms with Gasteiger partial charge in [-0.25, -0.2) is 8.78 Å². The van der Waals surface area contributed by atoms with E-state index in [4.69, 9.17) is 4.74 Å². The molecule has 4 heteroatoms. The maximum atomic E-state index is 12.8. The molecule has 2 saturated carbocycles. The Bertz CT molecular complexity index is 442. The molecule has 2 fully saturated rings. The van der Waals surface area contributed by atoms with Crippen molar-refractivity contribution in [2.24, 2.45) is 10.8 Å². The Balaban J connectivity index is 1.32. The van der Waals surface area contributed by atoms with E-state index >= 15 is 0 Å². The fraction of sp³-hybridized carbons (Fsp3) is 0.958. The van der Waals surface area contributed by atoms with E-state index in [-0.39, 0.29) is 5.41 Å². The molecular formula is C24H42F2O2. The number of ether oxygens (including phenoxy) is 1. The Labute approximate surface area is 171 Å². The fourth-order valence-electron chi connectivity index (χ4n) is 4.44. The first-order chi connectivity index (χ1) is 13.5. The van der Waals surface area contributed by atoms with E-state index in [0.29, 0.717) is 19.0 Å². The van der Waals surface area contributed by atoms with Crippen molar-refractivity contribution in [3.8, 4) is 0 Å². The Kier molecular flexibility index (Phi) is 10.4. The zero-order valence-corrected chi connectivity index (χ0v) is 18.1. The molecule has 2 aliphatic rings. The van der Waals surface area contributed by atoms with Crippen molar-refractivity contribution < 1.29 is 18.3 Å². The van der Waals surface area contributed by atoms with Crippen LogP contribution in [0.3, 0.4) is 0 Å². The van der Waals surface area contributed by atoms with Gasteiger partial charge in [0.15, 0.2) is 5.78 Å². The van der Waals surface area contributed by atoms with Crippen molar-refractivity contribution in [3.63, 3.8) is 0 Å². The summed E-state index contributed by atoms with van der Waals surface area (Å²) in [6.45, 7) is 2.87. The predicted octanol–water partition coefficient (Wildman–Crippen LogP) is 7.49. The SMILES string of the molecule is CCOCC(=O)C1(CCCCCCCCCCCCCC2(C(F)F)CC2)CC1. The van der Waals surface area contributed by atoms with Crippen molar-refractivity contribution >= 4 is 5.78 Å². The van der Waals surface area contributed by atoms with Gasteiger partial charge in [0.2, 0.25) is 6.43 Å². The summed E-state index contributed by atoms with van der Waals surface area (Å²) in [5.74, 6) is 0.329. The molecule has 0 spiro atoms. The lowest BCUT2D eigenvalue weighted by Crippen LogP contribution is -2.21. The Morgan fingerprint density at radius 3 is 1.64 bits per heavy atom. The highest BCUT2D eigenvalue weighted by Crippen LogP contribution is 2.54. The standard InChI is InChI=1S/C24H42F2O2/c1-2-28-20-21(27)23(16-17-23)14-12-10-8-6-4-3-5-7-9-11-13-15-24(18-19-24)22(25)26/h22H,2-20H2,1H3. The van der Waals surface area contributed by atoms with Gasteiger partial charge in [-0.3, -0.25) is 4.79 Å². The molecule has 0 aliphatic heterocycles. The summed E-state index contributed by atoms with van der Waals surface area (Å²) >= 11 is 0. The molecule has 2 nitrogen and oxygen atoms in total. The lowest BCUT2D eigenvalue weighted by atomic mass is 9.93. The topological polar surface area (TPSA) is 26.3 Å². The molecule has 0 bridgehead atoms. The molecule has 0 atom stereocenters. The number of hydrogen-bond acceptors (Lipinski definition) is 2. The number of carbonyl (C=O) groups excluding carboxylic acids is 1. The van der Waals surface area contributed by atoms with E-state index in [1.807, 2.05) is 6.92 Å². The summed E-state index contributed by atoms with van der Waals surface area (Å²) in [5, 5.41) is 0. The number of unbranched alkanes of at least 4 members (excludes halogenated alkanes) is 10. The second-order valence-corrected chi connectivity index (χ2v) is 9.39. The molecule has 0 saturated heterocycles. The van der Waals surface area contributed by atoms with Crippen LogP contribution in [-0.2, 0) is 9.53 Å². The van der Waals surface area contributed by atoms with E-state index < -0.39 is 11.8 Å². The van der Waals surface area contributed by atoms with Gasteiger partial charge in [-0.1, -0.05) is 70.6 Å². The summed E-state index contributed by atoms with van der Waals surface area (Å²) < 4.78 is 30.9. The molecule has 0 aromatic carbocycles. The molecule has 0 radical (unpaired) electrons. The van der Waals surface area contributed by atoms with Gasteiger partial charge in [0, 0.05) is 17.4 Å². The van der Waals surface area contributed by atoms with Crippen LogP contribution in [0.25, 0.3) is 0 Å². The van der Waals surface area contributed by atoms with Crippen LogP contribution in [0.5, 0.6) is 0 Å². The fourth-order valence-corrected chi connectivity index (χ4v) is 4.44. The van der Waals surface area contributed by atoms with Crippen molar-refractivity contribution in [1.29, 1.82) is 0 Å². The number of carbonyl (C=O) groups is 1. The van der Waals surface area contributed by atoms with Crippen molar-refractivity contribution in [3.05, 3.63) is 0 Å². The third-order valence-electron chi connectivity index (χ3n) is 7.07. The number of ketones is 1. The van der Waals surface area contributed by atoms with E-state index in [2.05, 4.69) is 0 Å². The van der Waals surface area contributed by atoms with Gasteiger partial charge < -0.3 is 4.74 Å². The van der Waals surface area contributed by atoms with Crippen LogP contribution in [0.1, 0.15) is 116 Å². The monoisotopic (exact) mass is 400 g/mol. The van der Waals surface area contributed by atoms with E-state index in [0.717, 1.165) is 51.4 Å². The van der Waals surface area contributed by atoms with Crippen LogP contribution < -0.4 is 0 Å². The highest BCUT2D eigenvalue weighted by atomic mass is 19.3. The maximum Gasteiger partial charge on any atom is 0.244 e. The van der Waals surface area contributed by atoms with Crippen LogP contribution >= 0.6 is 0 Å². The summed E-state index contributed by atoms with van der Waals surface area (Å²) in [6, 6.07) is 0. The summed E-state index contributed by atoms with van der Waals surface area (Å²) in [5.41, 5.74) is -0.584. The second kappa shape index (κ2) is 12.2. The number of alkyl halides is 2. The van der Waals surface area contributed by atoms with E-state index in [1.54, 1.807) is 0 Å². The van der Waals surface area contributed by atoms with E-state index in [9.17, 15) is 13.6 Å². The zero-order valence-electron chi connectivity index (χ0n) is 18.1. The van der Waals surface area contributed by atoms with Crippen LogP contribution in [0.15, 0.2) is 0 Å². The number of rotatable bonds is 19. The lowest BCUT2D eigenvalue weighted by Gasteiger charge is -2.13. The smallest absolute Gasteiger partial charge is 0.244 e. The third kappa shape index (κ3) is 8.08. The molecule has 2 aliphatic carbocycles. The quantitative estimate of drug-likeness (QED) is 0.210. The normalized spacial score (nSPS) is 19.1. The first-order valence-electron chi connectivity index (χ1n) is 11.9. The largest absolute Gasteiger partial charge is 0.374 e. The minimum atomic E-state index is -2.10. The molecule has 0 unspecified atom stereocenters. The third-order valence-corrected chi connectivity index (χ3v) is 7.07. The zero-order chi connectivity index (χ0) is 20.3. The van der Waals surface area contributed by atoms with Crippen molar-refractivity contribution in [2.45, 2.75) is 123 Å². The van der Waals surface area contributed by atoms with E-state index in [1.165, 1.54) is 57.8 Å². The van der Waals surface area contributed by atoms with Gasteiger partial charge in [-0.05, 0) is 45.4 Å². The predicted molar refractivity (Wildman–Crippen MR) is 111 cm³/mol. The number of Topliss-reactive ketones (excluding diaryl/α,β-unsaturated/α-hetero) is 1. The van der Waals surface area contributed by atoms with Crippen LogP contribution in [-0.4, -0.2) is 25.4 Å². The van der Waals surface area contributed by atoms with Gasteiger partial charge >= 0.3 is 0 Å². The van der Waals surface area contributed by atoms with Gasteiger partial charge in [-0.15, -0.1) is 0 Å². The van der Waals surface area contributed by atoms with Gasteiger partial charge in [0.1, 0.15) is 6.61 Å². The highest BCUT2D eigenvalue weighted by Gasteiger charge is 2.50. The minimum absolute atomic E-state index is 0.0103. The Morgan fingerprint density at radius 2 is 1.25 bits per heavy atom. The average Bonchev–Trinajstić information content (AvgIpc) is 3.59. The average molecular weight is 401 g/mol. The first kappa shape index (κ1) is 23.8. The highest BCUT2D eigenvalue weighted by molar-refractivity contribution is 5.88. The molecule has 0 heterocycles. The van der Waals surface area contributed by atoms with Crippen molar-refractivity contribution in [2.75, 3.05) is 13.2 Å². The molecule has 2 rings (SSSR count). The molecule has 164 valence electrons. The second-order valence-electron chi connectivity index (χ2n) is 9.39. The minimum Gasteiger partial charge on any atom is -0.374 e. The van der Waals surface area contributed by atoms with Crippen LogP contribution in [0, 0.1) is 10.8 Å². The maximum absolute atomic E-state index is 12.8. The van der Waals surface area contributed by atoms with Gasteiger partial charge in [-0.2, -0.15) is 0 Å². The van der Waals surface area contributed by atoms with Crippen molar-refractivity contribution in [1.82, 2.24) is 0 Å². The molecule has 0 N–H and O–H groups in total. The molecular weight excluding hydrogens is 358 g/mol. The summed E-state index contributed by atoms with van der Waals surface area (Å²) in [7, 11) is 0. The summed E-state index contributed by atoms with van der Waals surface area (Å²) in [4.78, 5) is 12.1. The number of hydrogen-bond donors (Lipinski definition) is 0. The summed E-state index contributed by atoms with van der Waals surface area (Å²) in [6.07, 6.45) is 16.8. The van der Waals surface area contributed by atoms with Crippen LogP contribution in [0.2, 0.25) is 0 Å². The number of halogens is 2. The molecule has 28 heavy (non-hydrogen) atoms. The van der Waals surface area contributed by atoms with Gasteiger partial charge in [0.05, 0.1) is 0 Å². The Morgan fingerprint density at radius 1 is 0.786 bits per heavy atom. The van der Waals surface area contributed by atoms with Gasteiger partial charge in [0.25, 0.3) is 0 Å². The van der Waals surface area contributed by atoms with Crippen LogP contribution in [0.4, 0.5) is 8.78 Å². The molecule has 0 aromatic rings. The first-order valence-corrected chi connectivity index (χ1v) is 11.9. The Hall–Kier alpha value is -0.510. The molecule has 0 amide bonds. The lowest BCUT2D eigenvalue weighted by molar-refractivity contribution is -0.129. The molecule has 0 aromatic heterocycles.